The second-order valence-corrected chi connectivity index (χ2v) is 8.04. The van der Waals surface area contributed by atoms with Crippen molar-refractivity contribution in [1.82, 2.24) is 14.8 Å². The zero-order valence-electron chi connectivity index (χ0n) is 18.3. The summed E-state index contributed by atoms with van der Waals surface area (Å²) in [5.41, 5.74) is 4.82. The summed E-state index contributed by atoms with van der Waals surface area (Å²) in [4.78, 5) is 0. The fraction of sp³-hybridized carbons (Fsp3) is 0.391. The van der Waals surface area contributed by atoms with E-state index < -0.39 is 0 Å². The first-order valence-electron chi connectivity index (χ1n) is 9.90. The Kier molecular flexibility index (Phi) is 7.76. The fourth-order valence-corrected chi connectivity index (χ4v) is 4.28. The van der Waals surface area contributed by atoms with E-state index in [0.29, 0.717) is 18.1 Å². The van der Waals surface area contributed by atoms with E-state index in [4.69, 9.17) is 14.2 Å². The van der Waals surface area contributed by atoms with Gasteiger partial charge in [0.2, 0.25) is 0 Å². The predicted molar refractivity (Wildman–Crippen MR) is 121 cm³/mol. The van der Waals surface area contributed by atoms with Gasteiger partial charge in [-0.15, -0.1) is 10.2 Å². The lowest BCUT2D eigenvalue weighted by Crippen LogP contribution is -2.05. The first kappa shape index (κ1) is 22.2. The van der Waals surface area contributed by atoms with Gasteiger partial charge in [-0.1, -0.05) is 35.5 Å². The second kappa shape index (κ2) is 10.5. The molecule has 30 heavy (non-hydrogen) atoms. The smallest absolute Gasteiger partial charge is 0.191 e. The van der Waals surface area contributed by atoms with E-state index in [-0.39, 0.29) is 0 Å². The molecule has 3 rings (SSSR count). The van der Waals surface area contributed by atoms with Crippen LogP contribution in [0, 0.1) is 13.8 Å². The molecule has 1 heterocycles. The second-order valence-electron chi connectivity index (χ2n) is 7.09. The summed E-state index contributed by atoms with van der Waals surface area (Å²) in [6.07, 6.45) is 0.881. The van der Waals surface area contributed by atoms with E-state index in [1.165, 1.54) is 16.7 Å². The summed E-state index contributed by atoms with van der Waals surface area (Å²) in [6.45, 7) is 5.73. The zero-order chi connectivity index (χ0) is 21.5. The van der Waals surface area contributed by atoms with Crippen LogP contribution in [0.4, 0.5) is 0 Å². The van der Waals surface area contributed by atoms with Crippen molar-refractivity contribution in [3.63, 3.8) is 0 Å². The third kappa shape index (κ3) is 5.15. The van der Waals surface area contributed by atoms with Gasteiger partial charge in [-0.05, 0) is 49.6 Å². The highest BCUT2D eigenvalue weighted by atomic mass is 32.2. The molecule has 0 spiro atoms. The van der Waals surface area contributed by atoms with E-state index in [9.17, 15) is 0 Å². The van der Waals surface area contributed by atoms with Gasteiger partial charge in [0.15, 0.2) is 22.5 Å². The number of thioether (sulfide) groups is 1. The summed E-state index contributed by atoms with van der Waals surface area (Å²) in [5, 5.41) is 9.90. The van der Waals surface area contributed by atoms with Crippen molar-refractivity contribution >= 4 is 11.8 Å². The molecule has 0 radical (unpaired) electrons. The Balaban J connectivity index is 1.90. The molecule has 7 heteroatoms. The maximum Gasteiger partial charge on any atom is 0.191 e. The van der Waals surface area contributed by atoms with Crippen molar-refractivity contribution in [3.05, 3.63) is 53.1 Å². The zero-order valence-corrected chi connectivity index (χ0v) is 19.1. The largest absolute Gasteiger partial charge is 0.493 e. The molecule has 0 unspecified atom stereocenters. The van der Waals surface area contributed by atoms with E-state index in [1.54, 1.807) is 33.1 Å². The van der Waals surface area contributed by atoms with Gasteiger partial charge in [0, 0.05) is 31.6 Å². The van der Waals surface area contributed by atoms with Crippen molar-refractivity contribution in [2.45, 2.75) is 37.7 Å². The van der Waals surface area contributed by atoms with Crippen LogP contribution in [-0.4, -0.2) is 42.7 Å². The standard InChI is InChI=1S/C23H29N3O3S/c1-16-7-8-17(2)19(13-16)15-30-23-25-24-22(26(23)11-6-12-27-3)18-9-10-20(28-4)21(14-18)29-5/h7-10,13-14H,6,11-12,15H2,1-5H3. The number of benzene rings is 2. The Morgan fingerprint density at radius 3 is 2.47 bits per heavy atom. The SMILES string of the molecule is COCCCn1c(SCc2cc(C)ccc2C)nnc1-c1ccc(OC)c(OC)c1. The summed E-state index contributed by atoms with van der Waals surface area (Å²) in [6, 6.07) is 12.4. The molecule has 3 aromatic rings. The van der Waals surface area contributed by atoms with Gasteiger partial charge in [-0.2, -0.15) is 0 Å². The van der Waals surface area contributed by atoms with Crippen LogP contribution in [0.15, 0.2) is 41.6 Å². The predicted octanol–water partition coefficient (Wildman–Crippen LogP) is 4.91. The highest BCUT2D eigenvalue weighted by Crippen LogP contribution is 2.33. The van der Waals surface area contributed by atoms with Crippen molar-refractivity contribution in [2.24, 2.45) is 0 Å². The third-order valence-corrected chi connectivity index (χ3v) is 5.97. The summed E-state index contributed by atoms with van der Waals surface area (Å²) < 4.78 is 18.2. The molecule has 1 aromatic heterocycles. The van der Waals surface area contributed by atoms with Crippen molar-refractivity contribution in [3.8, 4) is 22.9 Å². The Bertz CT molecular complexity index is 988. The normalized spacial score (nSPS) is 11.0. The summed E-state index contributed by atoms with van der Waals surface area (Å²) in [5.74, 6) is 3.03. The highest BCUT2D eigenvalue weighted by Gasteiger charge is 2.17. The van der Waals surface area contributed by atoms with Crippen LogP contribution in [0.2, 0.25) is 0 Å². The van der Waals surface area contributed by atoms with E-state index in [2.05, 4.69) is 46.8 Å². The van der Waals surface area contributed by atoms with Crippen LogP contribution in [0.1, 0.15) is 23.1 Å². The minimum absolute atomic E-state index is 0.672. The molecular weight excluding hydrogens is 398 g/mol. The maximum atomic E-state index is 5.47. The first-order valence-corrected chi connectivity index (χ1v) is 10.9. The molecule has 160 valence electrons. The van der Waals surface area contributed by atoms with E-state index in [0.717, 1.165) is 35.3 Å². The van der Waals surface area contributed by atoms with Gasteiger partial charge < -0.3 is 18.8 Å². The van der Waals surface area contributed by atoms with Gasteiger partial charge >= 0.3 is 0 Å². The maximum absolute atomic E-state index is 5.47. The van der Waals surface area contributed by atoms with Gasteiger partial charge in [0.1, 0.15) is 0 Å². The molecule has 0 aliphatic heterocycles. The van der Waals surface area contributed by atoms with Crippen LogP contribution in [-0.2, 0) is 17.0 Å². The Hall–Kier alpha value is -2.51. The molecule has 0 saturated heterocycles. The Morgan fingerprint density at radius 1 is 0.933 bits per heavy atom. The molecule has 6 nitrogen and oxygen atoms in total. The van der Waals surface area contributed by atoms with E-state index in [1.807, 2.05) is 18.2 Å². The minimum Gasteiger partial charge on any atom is -0.493 e. The Labute approximate surface area is 182 Å². The molecular formula is C23H29N3O3S. The topological polar surface area (TPSA) is 58.4 Å². The lowest BCUT2D eigenvalue weighted by Gasteiger charge is -2.13. The van der Waals surface area contributed by atoms with Gasteiger partial charge in [0.05, 0.1) is 14.2 Å². The number of methoxy groups -OCH3 is 3. The number of nitrogens with zero attached hydrogens (tertiary/aromatic N) is 3. The molecule has 0 aliphatic carbocycles. The number of hydrogen-bond acceptors (Lipinski definition) is 6. The highest BCUT2D eigenvalue weighted by molar-refractivity contribution is 7.98. The third-order valence-electron chi connectivity index (χ3n) is 4.95. The lowest BCUT2D eigenvalue weighted by molar-refractivity contribution is 0.189. The van der Waals surface area contributed by atoms with Gasteiger partial charge in [0.25, 0.3) is 0 Å². The van der Waals surface area contributed by atoms with Gasteiger partial charge in [-0.25, -0.2) is 0 Å². The van der Waals surface area contributed by atoms with Crippen molar-refractivity contribution in [1.29, 1.82) is 0 Å². The molecule has 0 fully saturated rings. The molecule has 0 amide bonds. The minimum atomic E-state index is 0.672. The fourth-order valence-electron chi connectivity index (χ4n) is 3.25. The van der Waals surface area contributed by atoms with Crippen LogP contribution in [0.5, 0.6) is 11.5 Å². The van der Waals surface area contributed by atoms with Crippen LogP contribution in [0.3, 0.4) is 0 Å². The number of ether oxygens (including phenoxy) is 3. The van der Waals surface area contributed by atoms with Gasteiger partial charge in [-0.3, -0.25) is 0 Å². The van der Waals surface area contributed by atoms with Crippen LogP contribution >= 0.6 is 11.8 Å². The molecule has 0 atom stereocenters. The monoisotopic (exact) mass is 427 g/mol. The number of aromatic nitrogens is 3. The summed E-state index contributed by atoms with van der Waals surface area (Å²) in [7, 11) is 4.99. The average Bonchev–Trinajstić information content (AvgIpc) is 3.16. The quantitative estimate of drug-likeness (QED) is 0.339. The number of rotatable bonds is 10. The van der Waals surface area contributed by atoms with E-state index >= 15 is 0 Å². The first-order chi connectivity index (χ1) is 14.6. The number of aryl methyl sites for hydroxylation is 2. The number of hydrogen-bond donors (Lipinski definition) is 0. The molecule has 2 aromatic carbocycles. The molecule has 0 N–H and O–H groups in total. The molecule has 0 saturated carbocycles. The molecule has 0 aliphatic rings. The summed E-state index contributed by atoms with van der Waals surface area (Å²) >= 11 is 1.71. The molecule has 0 bridgehead atoms. The van der Waals surface area contributed by atoms with Crippen LogP contribution in [0.25, 0.3) is 11.4 Å². The van der Waals surface area contributed by atoms with Crippen molar-refractivity contribution in [2.75, 3.05) is 27.9 Å². The van der Waals surface area contributed by atoms with Crippen LogP contribution < -0.4 is 9.47 Å². The lowest BCUT2D eigenvalue weighted by atomic mass is 10.1. The van der Waals surface area contributed by atoms with Crippen molar-refractivity contribution < 1.29 is 14.2 Å². The average molecular weight is 428 g/mol. The Morgan fingerprint density at radius 2 is 1.73 bits per heavy atom.